The number of thiazole rings is 1. The number of nitrogens with zero attached hydrogens (tertiary/aromatic N) is 1. The van der Waals surface area contributed by atoms with Gasteiger partial charge >= 0.3 is 0 Å². The number of hydrogen-bond acceptors (Lipinski definition) is 5. The van der Waals surface area contributed by atoms with Gasteiger partial charge < -0.3 is 5.32 Å². The van der Waals surface area contributed by atoms with Crippen LogP contribution in [-0.2, 0) is 14.6 Å². The van der Waals surface area contributed by atoms with Crippen LogP contribution in [0.3, 0.4) is 0 Å². The molecule has 5 nitrogen and oxygen atoms in total. The highest BCUT2D eigenvalue weighted by Crippen LogP contribution is 2.31. The van der Waals surface area contributed by atoms with Crippen LogP contribution in [-0.4, -0.2) is 25.1 Å². The van der Waals surface area contributed by atoms with E-state index in [1.54, 1.807) is 12.1 Å². The molecule has 0 bridgehead atoms. The van der Waals surface area contributed by atoms with Gasteiger partial charge in [0.1, 0.15) is 5.75 Å². The molecule has 7 heteroatoms. The first kappa shape index (κ1) is 19.3. The third-order valence-electron chi connectivity index (χ3n) is 4.52. The van der Waals surface area contributed by atoms with Gasteiger partial charge in [-0.15, -0.1) is 11.3 Å². The second kappa shape index (κ2) is 7.77. The molecule has 3 aromatic carbocycles. The van der Waals surface area contributed by atoms with Gasteiger partial charge in [-0.1, -0.05) is 60.2 Å². The number of amides is 1. The lowest BCUT2D eigenvalue weighted by Crippen LogP contribution is -2.23. The monoisotopic (exact) mass is 422 g/mol. The number of anilines is 1. The van der Waals surface area contributed by atoms with Crippen molar-refractivity contribution in [3.63, 3.8) is 0 Å². The van der Waals surface area contributed by atoms with E-state index >= 15 is 0 Å². The molecule has 0 spiro atoms. The van der Waals surface area contributed by atoms with E-state index in [1.807, 2.05) is 54.8 Å². The summed E-state index contributed by atoms with van der Waals surface area (Å²) < 4.78 is 24.9. The average molecular weight is 423 g/mol. The van der Waals surface area contributed by atoms with Gasteiger partial charge in [-0.25, -0.2) is 13.4 Å². The number of fused-ring (bicyclic) bond motifs is 1. The molecule has 1 heterocycles. The molecule has 0 fully saturated rings. The van der Waals surface area contributed by atoms with Crippen molar-refractivity contribution >= 4 is 43.0 Å². The van der Waals surface area contributed by atoms with E-state index in [4.69, 9.17) is 0 Å². The van der Waals surface area contributed by atoms with Gasteiger partial charge in [-0.2, -0.15) is 0 Å². The van der Waals surface area contributed by atoms with Gasteiger partial charge in [0, 0.05) is 10.9 Å². The molecule has 0 saturated heterocycles. The first-order chi connectivity index (χ1) is 13.9. The largest absolute Gasteiger partial charge is 0.301 e. The van der Waals surface area contributed by atoms with Crippen LogP contribution in [0.25, 0.3) is 22.0 Å². The van der Waals surface area contributed by atoms with Crippen LogP contribution in [0.1, 0.15) is 5.56 Å². The summed E-state index contributed by atoms with van der Waals surface area (Å²) in [5, 5.41) is 7.01. The van der Waals surface area contributed by atoms with E-state index in [-0.39, 0.29) is 4.90 Å². The number of aromatic nitrogens is 1. The van der Waals surface area contributed by atoms with Crippen molar-refractivity contribution in [3.8, 4) is 11.3 Å². The van der Waals surface area contributed by atoms with Crippen molar-refractivity contribution in [2.24, 2.45) is 0 Å². The molecular formula is C22H18N2O3S2. The smallest absolute Gasteiger partial charge is 0.241 e. The fourth-order valence-electron chi connectivity index (χ4n) is 3.06. The van der Waals surface area contributed by atoms with Crippen LogP contribution in [0.5, 0.6) is 0 Å². The van der Waals surface area contributed by atoms with Crippen molar-refractivity contribution < 1.29 is 13.2 Å². The van der Waals surface area contributed by atoms with E-state index in [9.17, 15) is 13.2 Å². The predicted molar refractivity (Wildman–Crippen MR) is 117 cm³/mol. The predicted octanol–water partition coefficient (Wildman–Crippen LogP) is 4.68. The summed E-state index contributed by atoms with van der Waals surface area (Å²) in [6.07, 6.45) is 0. The maximum atomic E-state index is 12.4. The first-order valence-corrected chi connectivity index (χ1v) is 11.5. The second-order valence-corrected chi connectivity index (χ2v) is 9.53. The van der Waals surface area contributed by atoms with E-state index in [0.717, 1.165) is 27.6 Å². The van der Waals surface area contributed by atoms with Crippen molar-refractivity contribution in [2.75, 3.05) is 11.1 Å². The fourth-order valence-corrected chi connectivity index (χ4v) is 4.92. The number of sulfone groups is 1. The Morgan fingerprint density at radius 1 is 1.00 bits per heavy atom. The van der Waals surface area contributed by atoms with Crippen LogP contribution in [0, 0.1) is 6.92 Å². The summed E-state index contributed by atoms with van der Waals surface area (Å²) in [6.45, 7) is 1.87. The Hall–Kier alpha value is -3.03. The molecule has 146 valence electrons. The molecule has 0 saturated carbocycles. The maximum Gasteiger partial charge on any atom is 0.241 e. The van der Waals surface area contributed by atoms with Gasteiger partial charge in [0.2, 0.25) is 5.91 Å². The number of carbonyl (C=O) groups is 1. The maximum absolute atomic E-state index is 12.4. The number of carbonyl (C=O) groups excluding carboxylic acids is 1. The Bertz CT molecular complexity index is 1290. The first-order valence-electron chi connectivity index (χ1n) is 8.95. The summed E-state index contributed by atoms with van der Waals surface area (Å²) in [4.78, 5) is 16.9. The third kappa shape index (κ3) is 4.21. The molecule has 4 aromatic rings. The standard InChI is InChI=1S/C22H18N2O3S2/c1-15-9-11-17(12-10-15)29(26,27)14-21(25)24-22-23-20(13-28-22)19-8-4-6-16-5-2-3-7-18(16)19/h2-13H,14H2,1H3,(H,23,24,25). The van der Waals surface area contributed by atoms with Crippen LogP contribution in [0.4, 0.5) is 5.13 Å². The van der Waals surface area contributed by atoms with E-state index in [2.05, 4.69) is 10.3 Å². The Kier molecular flexibility index (Phi) is 5.17. The number of rotatable bonds is 5. The molecule has 1 amide bonds. The Morgan fingerprint density at radius 3 is 2.52 bits per heavy atom. The average Bonchev–Trinajstić information content (AvgIpc) is 3.15. The summed E-state index contributed by atoms with van der Waals surface area (Å²) >= 11 is 1.27. The molecular weight excluding hydrogens is 404 g/mol. The summed E-state index contributed by atoms with van der Waals surface area (Å²) in [6, 6.07) is 20.4. The third-order valence-corrected chi connectivity index (χ3v) is 6.91. The van der Waals surface area contributed by atoms with Crippen molar-refractivity contribution in [3.05, 3.63) is 77.7 Å². The SMILES string of the molecule is Cc1ccc(S(=O)(=O)CC(=O)Nc2nc(-c3cccc4ccccc34)cs2)cc1. The number of aryl methyl sites for hydroxylation is 1. The normalized spacial score (nSPS) is 11.5. The fraction of sp³-hybridized carbons (Fsp3) is 0.0909. The topological polar surface area (TPSA) is 76.1 Å². The summed E-state index contributed by atoms with van der Waals surface area (Å²) in [5.74, 6) is -1.23. The van der Waals surface area contributed by atoms with Crippen LogP contribution < -0.4 is 5.32 Å². The Morgan fingerprint density at radius 2 is 1.72 bits per heavy atom. The Balaban J connectivity index is 1.52. The molecule has 0 radical (unpaired) electrons. The van der Waals surface area contributed by atoms with Gasteiger partial charge in [-0.3, -0.25) is 4.79 Å². The molecule has 0 aliphatic rings. The van der Waals surface area contributed by atoms with E-state index < -0.39 is 21.5 Å². The molecule has 0 unspecified atom stereocenters. The quantitative estimate of drug-likeness (QED) is 0.506. The Labute approximate surface area is 173 Å². The molecule has 4 rings (SSSR count). The van der Waals surface area contributed by atoms with Crippen molar-refractivity contribution in [1.29, 1.82) is 0 Å². The molecule has 0 aliphatic carbocycles. The molecule has 1 aromatic heterocycles. The van der Waals surface area contributed by atoms with Gasteiger partial charge in [-0.05, 0) is 29.8 Å². The summed E-state index contributed by atoms with van der Waals surface area (Å²) in [5.41, 5.74) is 2.66. The minimum absolute atomic E-state index is 0.133. The minimum atomic E-state index is -3.71. The highest BCUT2D eigenvalue weighted by atomic mass is 32.2. The lowest BCUT2D eigenvalue weighted by Gasteiger charge is -2.05. The molecule has 0 atom stereocenters. The molecule has 0 aliphatic heterocycles. The number of hydrogen-bond donors (Lipinski definition) is 1. The van der Waals surface area contributed by atoms with Crippen LogP contribution >= 0.6 is 11.3 Å². The summed E-state index contributed by atoms with van der Waals surface area (Å²) in [7, 11) is -3.71. The van der Waals surface area contributed by atoms with Crippen molar-refractivity contribution in [2.45, 2.75) is 11.8 Å². The van der Waals surface area contributed by atoms with Crippen molar-refractivity contribution in [1.82, 2.24) is 4.98 Å². The number of benzene rings is 3. The zero-order chi connectivity index (χ0) is 20.4. The minimum Gasteiger partial charge on any atom is -0.301 e. The number of nitrogens with one attached hydrogen (secondary N) is 1. The second-order valence-electron chi connectivity index (χ2n) is 6.68. The zero-order valence-electron chi connectivity index (χ0n) is 15.6. The highest BCUT2D eigenvalue weighted by molar-refractivity contribution is 7.92. The molecule has 29 heavy (non-hydrogen) atoms. The lowest BCUT2D eigenvalue weighted by molar-refractivity contribution is -0.113. The van der Waals surface area contributed by atoms with Gasteiger partial charge in [0.05, 0.1) is 10.6 Å². The van der Waals surface area contributed by atoms with Gasteiger partial charge in [0.25, 0.3) is 0 Å². The van der Waals surface area contributed by atoms with Crippen LogP contribution in [0.2, 0.25) is 0 Å². The van der Waals surface area contributed by atoms with E-state index in [0.29, 0.717) is 5.13 Å². The lowest BCUT2D eigenvalue weighted by atomic mass is 10.0. The molecule has 1 N–H and O–H groups in total. The highest BCUT2D eigenvalue weighted by Gasteiger charge is 2.20. The zero-order valence-corrected chi connectivity index (χ0v) is 17.3. The van der Waals surface area contributed by atoms with Crippen LogP contribution in [0.15, 0.2) is 77.0 Å². The van der Waals surface area contributed by atoms with E-state index in [1.165, 1.54) is 23.5 Å². The van der Waals surface area contributed by atoms with Gasteiger partial charge in [0.15, 0.2) is 15.0 Å².